The molecule has 144 valence electrons. The molecule has 7 heteroatoms. The minimum atomic E-state index is -0.128. The monoisotopic (exact) mass is 402 g/mol. The molecule has 0 saturated carbocycles. The molecule has 2 aromatic carbocycles. The molecule has 6 nitrogen and oxygen atoms in total. The highest BCUT2D eigenvalue weighted by atomic mass is 32.1. The predicted molar refractivity (Wildman–Crippen MR) is 115 cm³/mol. The van der Waals surface area contributed by atoms with Crippen LogP contribution in [0.15, 0.2) is 84.4 Å². The summed E-state index contributed by atoms with van der Waals surface area (Å²) in [5, 5.41) is 8.57. The first-order valence-corrected chi connectivity index (χ1v) is 9.88. The van der Waals surface area contributed by atoms with E-state index in [1.807, 2.05) is 78.2 Å². The van der Waals surface area contributed by atoms with Crippen molar-refractivity contribution in [2.24, 2.45) is 0 Å². The van der Waals surface area contributed by atoms with Crippen molar-refractivity contribution in [3.63, 3.8) is 0 Å². The fourth-order valence-corrected chi connectivity index (χ4v) is 3.31. The van der Waals surface area contributed by atoms with E-state index < -0.39 is 0 Å². The number of hydrogen-bond donors (Lipinski definition) is 2. The van der Waals surface area contributed by atoms with Gasteiger partial charge in [0.15, 0.2) is 5.13 Å². The minimum Gasteiger partial charge on any atom is -0.457 e. The van der Waals surface area contributed by atoms with E-state index in [-0.39, 0.29) is 12.3 Å². The number of nitrogens with zero attached hydrogens (tertiary/aromatic N) is 2. The van der Waals surface area contributed by atoms with Crippen LogP contribution in [0.25, 0.3) is 0 Å². The number of hydrogen-bond acceptors (Lipinski definition) is 6. The molecule has 1 amide bonds. The first-order valence-electron chi connectivity index (χ1n) is 9.00. The van der Waals surface area contributed by atoms with Gasteiger partial charge in [0.25, 0.3) is 0 Å². The molecule has 0 bridgehead atoms. The van der Waals surface area contributed by atoms with Crippen LogP contribution in [0, 0.1) is 0 Å². The number of carbonyl (C=O) groups is 1. The maximum absolute atomic E-state index is 12.3. The van der Waals surface area contributed by atoms with Crippen molar-refractivity contribution in [2.75, 3.05) is 10.6 Å². The third-order valence-corrected chi connectivity index (χ3v) is 4.72. The van der Waals surface area contributed by atoms with Crippen molar-refractivity contribution in [1.82, 2.24) is 9.97 Å². The number of benzene rings is 2. The normalized spacial score (nSPS) is 10.3. The smallest absolute Gasteiger partial charge is 0.230 e. The summed E-state index contributed by atoms with van der Waals surface area (Å²) in [6, 6.07) is 22.4. The van der Waals surface area contributed by atoms with Crippen LogP contribution in [0.4, 0.5) is 16.6 Å². The van der Waals surface area contributed by atoms with E-state index in [1.165, 1.54) is 11.3 Å². The van der Waals surface area contributed by atoms with E-state index in [9.17, 15) is 4.79 Å². The number of aromatic nitrogens is 2. The van der Waals surface area contributed by atoms with Crippen LogP contribution in [0.3, 0.4) is 0 Å². The predicted octanol–water partition coefficient (Wildman–Crippen LogP) is 5.26. The van der Waals surface area contributed by atoms with Crippen molar-refractivity contribution in [3.05, 3.63) is 90.1 Å². The Bertz CT molecular complexity index is 1070. The van der Waals surface area contributed by atoms with Gasteiger partial charge in [-0.15, -0.1) is 11.3 Å². The Labute approximate surface area is 172 Å². The summed E-state index contributed by atoms with van der Waals surface area (Å²) >= 11 is 1.44. The lowest BCUT2D eigenvalue weighted by atomic mass is 10.2. The summed E-state index contributed by atoms with van der Waals surface area (Å²) in [6.45, 7) is 0. The molecular weight excluding hydrogens is 384 g/mol. The SMILES string of the molecule is O=C(Cc1csc(Nc2ccccn2)n1)Nc1ccc(Oc2ccccc2)cc1. The summed E-state index contributed by atoms with van der Waals surface area (Å²) in [5.74, 6) is 2.06. The number of thiazole rings is 1. The van der Waals surface area contributed by atoms with Crippen LogP contribution in [0.2, 0.25) is 0 Å². The van der Waals surface area contributed by atoms with Crippen molar-refractivity contribution < 1.29 is 9.53 Å². The van der Waals surface area contributed by atoms with E-state index in [2.05, 4.69) is 20.6 Å². The standard InChI is InChI=1S/C22H18N4O2S/c27-21(14-17-15-29-22(25-17)26-20-8-4-5-13-23-20)24-16-9-11-19(12-10-16)28-18-6-2-1-3-7-18/h1-13,15H,14H2,(H,24,27)(H,23,25,26). The van der Waals surface area contributed by atoms with Gasteiger partial charge in [0.2, 0.25) is 5.91 Å². The second-order valence-electron chi connectivity index (χ2n) is 6.15. The molecule has 0 aliphatic carbocycles. The van der Waals surface area contributed by atoms with Crippen molar-refractivity contribution in [2.45, 2.75) is 6.42 Å². The van der Waals surface area contributed by atoms with Gasteiger partial charge in [-0.25, -0.2) is 9.97 Å². The third kappa shape index (κ3) is 5.40. The molecule has 0 saturated heterocycles. The molecule has 0 fully saturated rings. The van der Waals surface area contributed by atoms with Crippen LogP contribution in [0.5, 0.6) is 11.5 Å². The van der Waals surface area contributed by atoms with Crippen LogP contribution < -0.4 is 15.4 Å². The molecule has 0 unspecified atom stereocenters. The lowest BCUT2D eigenvalue weighted by Crippen LogP contribution is -2.14. The number of para-hydroxylation sites is 1. The molecule has 2 N–H and O–H groups in total. The van der Waals surface area contributed by atoms with Gasteiger partial charge in [-0.3, -0.25) is 4.79 Å². The van der Waals surface area contributed by atoms with Crippen LogP contribution in [-0.2, 0) is 11.2 Å². The Morgan fingerprint density at radius 2 is 1.69 bits per heavy atom. The Morgan fingerprint density at radius 1 is 0.931 bits per heavy atom. The molecule has 0 aliphatic rings. The molecule has 4 aromatic rings. The van der Waals surface area contributed by atoms with Gasteiger partial charge in [-0.1, -0.05) is 24.3 Å². The summed E-state index contributed by atoms with van der Waals surface area (Å²) in [6.07, 6.45) is 1.91. The lowest BCUT2D eigenvalue weighted by Gasteiger charge is -2.07. The molecule has 29 heavy (non-hydrogen) atoms. The minimum absolute atomic E-state index is 0.128. The Balaban J connectivity index is 1.30. The van der Waals surface area contributed by atoms with E-state index in [0.29, 0.717) is 22.3 Å². The Morgan fingerprint density at radius 3 is 2.45 bits per heavy atom. The molecule has 0 radical (unpaired) electrons. The van der Waals surface area contributed by atoms with Crippen LogP contribution in [-0.4, -0.2) is 15.9 Å². The highest BCUT2D eigenvalue weighted by Gasteiger charge is 2.09. The average molecular weight is 402 g/mol. The summed E-state index contributed by atoms with van der Waals surface area (Å²) in [7, 11) is 0. The average Bonchev–Trinajstić information content (AvgIpc) is 3.17. The number of anilines is 3. The second kappa shape index (κ2) is 8.99. The highest BCUT2D eigenvalue weighted by Crippen LogP contribution is 2.23. The maximum Gasteiger partial charge on any atom is 0.230 e. The van der Waals surface area contributed by atoms with E-state index in [0.717, 1.165) is 11.6 Å². The quantitative estimate of drug-likeness (QED) is 0.441. The highest BCUT2D eigenvalue weighted by molar-refractivity contribution is 7.13. The van der Waals surface area contributed by atoms with Gasteiger partial charge in [0, 0.05) is 17.3 Å². The Kier molecular flexibility index (Phi) is 5.78. The topological polar surface area (TPSA) is 76.1 Å². The zero-order chi connectivity index (χ0) is 19.9. The largest absolute Gasteiger partial charge is 0.457 e. The van der Waals surface area contributed by atoms with Crippen molar-refractivity contribution in [1.29, 1.82) is 0 Å². The molecular formula is C22H18N4O2S. The Hall–Kier alpha value is -3.71. The summed E-state index contributed by atoms with van der Waals surface area (Å²) in [4.78, 5) is 20.9. The van der Waals surface area contributed by atoms with E-state index in [1.54, 1.807) is 6.20 Å². The number of rotatable bonds is 7. The number of pyridine rings is 1. The molecule has 4 rings (SSSR count). The number of nitrogens with one attached hydrogen (secondary N) is 2. The van der Waals surface area contributed by atoms with Crippen molar-refractivity contribution >= 4 is 33.9 Å². The van der Waals surface area contributed by atoms with Gasteiger partial charge < -0.3 is 15.4 Å². The molecule has 0 atom stereocenters. The molecule has 2 aromatic heterocycles. The molecule has 0 spiro atoms. The maximum atomic E-state index is 12.3. The first kappa shape index (κ1) is 18.6. The van der Waals surface area contributed by atoms with Gasteiger partial charge >= 0.3 is 0 Å². The lowest BCUT2D eigenvalue weighted by molar-refractivity contribution is -0.115. The van der Waals surface area contributed by atoms with Crippen LogP contribution >= 0.6 is 11.3 Å². The number of ether oxygens (including phenoxy) is 1. The van der Waals surface area contributed by atoms with Crippen LogP contribution in [0.1, 0.15) is 5.69 Å². The number of amides is 1. The van der Waals surface area contributed by atoms with Gasteiger partial charge in [0.1, 0.15) is 17.3 Å². The van der Waals surface area contributed by atoms with Gasteiger partial charge in [0.05, 0.1) is 12.1 Å². The summed E-state index contributed by atoms with van der Waals surface area (Å²) in [5.41, 5.74) is 1.41. The zero-order valence-corrected chi connectivity index (χ0v) is 16.2. The molecule has 0 aliphatic heterocycles. The zero-order valence-electron chi connectivity index (χ0n) is 15.4. The van der Waals surface area contributed by atoms with Gasteiger partial charge in [-0.2, -0.15) is 0 Å². The fourth-order valence-electron chi connectivity index (χ4n) is 2.59. The second-order valence-corrected chi connectivity index (χ2v) is 7.01. The van der Waals surface area contributed by atoms with Crippen molar-refractivity contribution in [3.8, 4) is 11.5 Å². The van der Waals surface area contributed by atoms with E-state index >= 15 is 0 Å². The third-order valence-electron chi connectivity index (χ3n) is 3.91. The molecule has 2 heterocycles. The van der Waals surface area contributed by atoms with Gasteiger partial charge in [-0.05, 0) is 48.5 Å². The number of carbonyl (C=O) groups excluding carboxylic acids is 1. The van der Waals surface area contributed by atoms with E-state index in [4.69, 9.17) is 4.74 Å². The first-order chi connectivity index (χ1) is 14.2. The fraction of sp³-hybridized carbons (Fsp3) is 0.0455. The summed E-state index contributed by atoms with van der Waals surface area (Å²) < 4.78 is 5.75.